The zero-order chi connectivity index (χ0) is 21.0. The molecule has 0 saturated heterocycles. The Morgan fingerprint density at radius 3 is 2.52 bits per heavy atom. The Kier molecular flexibility index (Phi) is 7.25. The molecule has 7 heteroatoms. The number of aromatic nitrogens is 1. The maximum absolute atomic E-state index is 13.2. The average Bonchev–Trinajstić information content (AvgIpc) is 3.47. The molecule has 0 N–H and O–H groups in total. The van der Waals surface area contributed by atoms with E-state index < -0.39 is 0 Å². The Bertz CT molecular complexity index is 877. The maximum Gasteiger partial charge on any atom is 0.254 e. The van der Waals surface area contributed by atoms with Crippen LogP contribution in [0.15, 0.2) is 36.5 Å². The molecule has 1 heterocycles. The lowest BCUT2D eigenvalue weighted by Gasteiger charge is -2.28. The Balaban J connectivity index is 1.74. The molecular formula is C22H27Cl2N3O2. The number of aryl methyl sites for hydroxylation is 1. The summed E-state index contributed by atoms with van der Waals surface area (Å²) in [5.41, 5.74) is 1.53. The number of halogens is 2. The van der Waals surface area contributed by atoms with E-state index in [0.717, 1.165) is 31.4 Å². The summed E-state index contributed by atoms with van der Waals surface area (Å²) in [4.78, 5) is 29.8. The van der Waals surface area contributed by atoms with Crippen molar-refractivity contribution in [1.82, 2.24) is 14.4 Å². The van der Waals surface area contributed by atoms with Gasteiger partial charge in [0.1, 0.15) is 6.54 Å². The van der Waals surface area contributed by atoms with E-state index in [4.69, 9.17) is 23.2 Å². The molecule has 0 atom stereocenters. The topological polar surface area (TPSA) is 45.6 Å². The van der Waals surface area contributed by atoms with Crippen LogP contribution in [0.3, 0.4) is 0 Å². The van der Waals surface area contributed by atoms with Gasteiger partial charge in [-0.3, -0.25) is 9.59 Å². The second-order valence-corrected chi connectivity index (χ2v) is 8.39. The van der Waals surface area contributed by atoms with Crippen LogP contribution in [-0.2, 0) is 18.4 Å². The van der Waals surface area contributed by atoms with Crippen molar-refractivity contribution < 1.29 is 9.59 Å². The van der Waals surface area contributed by atoms with Crippen LogP contribution < -0.4 is 0 Å². The van der Waals surface area contributed by atoms with Gasteiger partial charge in [-0.05, 0) is 49.6 Å². The van der Waals surface area contributed by atoms with E-state index >= 15 is 0 Å². The van der Waals surface area contributed by atoms with Crippen molar-refractivity contribution in [3.63, 3.8) is 0 Å². The standard InChI is InChI=1S/C22H27Cl2N3O2/c1-3-4-12-26(14-18-6-5-11-25(18)2)21(28)15-27(17-8-9-17)22(29)16-7-10-19(23)20(24)13-16/h5-7,10-11,13,17H,3-4,8-9,12,14-15H2,1-2H3. The van der Waals surface area contributed by atoms with E-state index in [1.165, 1.54) is 0 Å². The van der Waals surface area contributed by atoms with Gasteiger partial charge >= 0.3 is 0 Å². The third-order valence-corrected chi connectivity index (χ3v) is 6.00. The van der Waals surface area contributed by atoms with Crippen LogP contribution in [0.25, 0.3) is 0 Å². The molecule has 0 unspecified atom stereocenters. The number of benzene rings is 1. The average molecular weight is 436 g/mol. The summed E-state index contributed by atoms with van der Waals surface area (Å²) >= 11 is 12.1. The van der Waals surface area contributed by atoms with Gasteiger partial charge < -0.3 is 14.4 Å². The number of hydrogen-bond donors (Lipinski definition) is 0. The third-order valence-electron chi connectivity index (χ3n) is 5.26. The number of hydrogen-bond acceptors (Lipinski definition) is 2. The van der Waals surface area contributed by atoms with Gasteiger partial charge in [-0.25, -0.2) is 0 Å². The minimum absolute atomic E-state index is 0.0278. The second-order valence-electron chi connectivity index (χ2n) is 7.57. The first-order valence-corrected chi connectivity index (χ1v) is 10.8. The van der Waals surface area contributed by atoms with Crippen molar-refractivity contribution in [2.45, 2.75) is 45.2 Å². The predicted octanol–water partition coefficient (Wildman–Crippen LogP) is 4.77. The van der Waals surface area contributed by atoms with E-state index in [9.17, 15) is 9.59 Å². The first-order valence-electron chi connectivity index (χ1n) is 10.0. The predicted molar refractivity (Wildman–Crippen MR) is 116 cm³/mol. The molecule has 0 bridgehead atoms. The molecule has 1 fully saturated rings. The molecule has 29 heavy (non-hydrogen) atoms. The molecule has 1 aliphatic rings. The van der Waals surface area contributed by atoms with Gasteiger partial charge in [0.15, 0.2) is 0 Å². The number of nitrogens with zero attached hydrogens (tertiary/aromatic N) is 3. The molecule has 1 aliphatic carbocycles. The summed E-state index contributed by atoms with van der Waals surface area (Å²) in [6.45, 7) is 3.41. The third kappa shape index (κ3) is 5.55. The molecule has 1 aromatic heterocycles. The zero-order valence-electron chi connectivity index (χ0n) is 16.9. The number of amides is 2. The molecule has 3 rings (SSSR count). The molecule has 0 radical (unpaired) electrons. The van der Waals surface area contributed by atoms with Gasteiger partial charge in [-0.1, -0.05) is 36.5 Å². The van der Waals surface area contributed by atoms with Crippen LogP contribution in [-0.4, -0.2) is 45.3 Å². The van der Waals surface area contributed by atoms with E-state index in [1.54, 1.807) is 23.1 Å². The normalized spacial score (nSPS) is 13.4. The number of unbranched alkanes of at least 4 members (excludes halogenated alkanes) is 1. The van der Waals surface area contributed by atoms with Crippen LogP contribution in [0.4, 0.5) is 0 Å². The summed E-state index contributed by atoms with van der Waals surface area (Å²) in [5, 5.41) is 0.749. The van der Waals surface area contributed by atoms with Gasteiger partial charge in [-0.2, -0.15) is 0 Å². The quantitative estimate of drug-likeness (QED) is 0.569. The zero-order valence-corrected chi connectivity index (χ0v) is 18.4. The van der Waals surface area contributed by atoms with E-state index in [2.05, 4.69) is 6.92 Å². The van der Waals surface area contributed by atoms with Gasteiger partial charge in [0.25, 0.3) is 5.91 Å². The molecular weight excluding hydrogens is 409 g/mol. The fourth-order valence-corrected chi connectivity index (χ4v) is 3.59. The van der Waals surface area contributed by atoms with Crippen molar-refractivity contribution >= 4 is 35.0 Å². The maximum atomic E-state index is 13.2. The van der Waals surface area contributed by atoms with Gasteiger partial charge in [0, 0.05) is 37.1 Å². The van der Waals surface area contributed by atoms with Gasteiger partial charge in [0.05, 0.1) is 16.6 Å². The largest absolute Gasteiger partial charge is 0.353 e. The van der Waals surface area contributed by atoms with Crippen molar-refractivity contribution in [3.05, 3.63) is 57.8 Å². The monoisotopic (exact) mass is 435 g/mol. The Morgan fingerprint density at radius 2 is 1.93 bits per heavy atom. The molecule has 0 spiro atoms. The highest BCUT2D eigenvalue weighted by Crippen LogP contribution is 2.30. The van der Waals surface area contributed by atoms with Crippen LogP contribution in [0, 0.1) is 0 Å². The summed E-state index contributed by atoms with van der Waals surface area (Å²) in [7, 11) is 1.97. The van der Waals surface area contributed by atoms with Gasteiger partial charge in [-0.15, -0.1) is 0 Å². The van der Waals surface area contributed by atoms with Crippen LogP contribution in [0.1, 0.15) is 48.7 Å². The molecule has 1 aromatic carbocycles. The van der Waals surface area contributed by atoms with Crippen LogP contribution >= 0.6 is 23.2 Å². The molecule has 156 valence electrons. The SMILES string of the molecule is CCCCN(Cc1cccn1C)C(=O)CN(C(=O)c1ccc(Cl)c(Cl)c1)C1CC1. The van der Waals surface area contributed by atoms with E-state index in [-0.39, 0.29) is 24.4 Å². The minimum atomic E-state index is -0.172. The summed E-state index contributed by atoms with van der Waals surface area (Å²) in [5.74, 6) is -0.200. The fourth-order valence-electron chi connectivity index (χ4n) is 3.29. The Labute approximate surface area is 182 Å². The second kappa shape index (κ2) is 9.68. The Morgan fingerprint density at radius 1 is 1.17 bits per heavy atom. The van der Waals surface area contributed by atoms with Crippen molar-refractivity contribution in [2.24, 2.45) is 7.05 Å². The minimum Gasteiger partial charge on any atom is -0.353 e. The molecule has 0 aliphatic heterocycles. The molecule has 5 nitrogen and oxygen atoms in total. The van der Waals surface area contributed by atoms with Crippen LogP contribution in [0.2, 0.25) is 10.0 Å². The van der Waals surface area contributed by atoms with Crippen molar-refractivity contribution in [3.8, 4) is 0 Å². The highest BCUT2D eigenvalue weighted by Gasteiger charge is 2.35. The van der Waals surface area contributed by atoms with Crippen LogP contribution in [0.5, 0.6) is 0 Å². The molecule has 1 saturated carbocycles. The first-order chi connectivity index (χ1) is 13.9. The lowest BCUT2D eigenvalue weighted by Crippen LogP contribution is -2.44. The number of carbonyl (C=O) groups is 2. The van der Waals surface area contributed by atoms with Crippen molar-refractivity contribution in [1.29, 1.82) is 0 Å². The lowest BCUT2D eigenvalue weighted by atomic mass is 10.2. The summed E-state index contributed by atoms with van der Waals surface area (Å²) < 4.78 is 2.02. The lowest BCUT2D eigenvalue weighted by molar-refractivity contribution is -0.132. The first kappa shape index (κ1) is 21.7. The number of rotatable bonds is 9. The van der Waals surface area contributed by atoms with E-state index in [1.807, 2.05) is 34.8 Å². The molecule has 2 amide bonds. The Hall–Kier alpha value is -1.98. The molecule has 2 aromatic rings. The van der Waals surface area contributed by atoms with E-state index in [0.29, 0.717) is 28.7 Å². The smallest absolute Gasteiger partial charge is 0.254 e. The summed E-state index contributed by atoms with van der Waals surface area (Å²) in [6, 6.07) is 8.96. The summed E-state index contributed by atoms with van der Waals surface area (Å²) in [6.07, 6.45) is 5.76. The highest BCUT2D eigenvalue weighted by molar-refractivity contribution is 6.42. The fraction of sp³-hybridized carbons (Fsp3) is 0.455. The van der Waals surface area contributed by atoms with Crippen molar-refractivity contribution in [2.75, 3.05) is 13.1 Å². The van der Waals surface area contributed by atoms with Gasteiger partial charge in [0.2, 0.25) is 5.91 Å². The highest BCUT2D eigenvalue weighted by atomic mass is 35.5. The number of carbonyl (C=O) groups excluding carboxylic acids is 2.